The number of aromatic amines is 1. The molecule has 0 aliphatic heterocycles. The van der Waals surface area contributed by atoms with E-state index in [0.29, 0.717) is 10.3 Å². The van der Waals surface area contributed by atoms with Crippen LogP contribution in [-0.4, -0.2) is 37.0 Å². The molecule has 0 unspecified atom stereocenters. The number of hydrogen-bond donors (Lipinski definition) is 2. The maximum Gasteiger partial charge on any atom is 0.236 e. The van der Waals surface area contributed by atoms with E-state index in [4.69, 9.17) is 0 Å². The van der Waals surface area contributed by atoms with Gasteiger partial charge in [0.15, 0.2) is 4.34 Å². The first kappa shape index (κ1) is 16.9. The van der Waals surface area contributed by atoms with E-state index in [2.05, 4.69) is 42.8 Å². The summed E-state index contributed by atoms with van der Waals surface area (Å²) in [4.78, 5) is 16.1. The van der Waals surface area contributed by atoms with E-state index in [1.807, 2.05) is 25.1 Å². The Morgan fingerprint density at radius 2 is 2.08 bits per heavy atom. The van der Waals surface area contributed by atoms with Gasteiger partial charge in [0, 0.05) is 5.75 Å². The van der Waals surface area contributed by atoms with Crippen molar-refractivity contribution in [1.29, 1.82) is 0 Å². The molecule has 2 N–H and O–H groups in total. The number of hydrogen-bond acceptors (Lipinski definition) is 8. The van der Waals surface area contributed by atoms with E-state index in [0.717, 1.165) is 15.9 Å². The predicted molar refractivity (Wildman–Crippen MR) is 96.4 cm³/mol. The number of thioether (sulfide) groups is 2. The number of carbonyl (C=O) groups excluding carboxylic acids is 1. The molecule has 1 amide bonds. The molecular formula is C14H14N6OS3. The fourth-order valence-electron chi connectivity index (χ4n) is 1.71. The lowest BCUT2D eigenvalue weighted by Gasteiger charge is -1.98. The van der Waals surface area contributed by atoms with Gasteiger partial charge in [-0.05, 0) is 12.5 Å². The second kappa shape index (κ2) is 8.27. The summed E-state index contributed by atoms with van der Waals surface area (Å²) in [5, 5.41) is 18.6. The fourth-order valence-corrected chi connectivity index (χ4v) is 4.08. The van der Waals surface area contributed by atoms with Crippen molar-refractivity contribution in [2.75, 3.05) is 11.1 Å². The van der Waals surface area contributed by atoms with Crippen molar-refractivity contribution in [1.82, 2.24) is 25.4 Å². The Kier molecular flexibility index (Phi) is 5.83. The van der Waals surface area contributed by atoms with Crippen LogP contribution in [0, 0.1) is 6.92 Å². The SMILES string of the molecule is Cc1nc(SCC(=O)Nc2nnc(SCc3ccccc3)s2)n[nH]1. The summed E-state index contributed by atoms with van der Waals surface area (Å²) in [6, 6.07) is 10.1. The van der Waals surface area contributed by atoms with E-state index in [1.54, 1.807) is 11.8 Å². The predicted octanol–water partition coefficient (Wildman–Crippen LogP) is 2.99. The Balaban J connectivity index is 1.45. The molecule has 0 fully saturated rings. The highest BCUT2D eigenvalue weighted by molar-refractivity contribution is 8.00. The van der Waals surface area contributed by atoms with Gasteiger partial charge in [0.1, 0.15) is 5.82 Å². The van der Waals surface area contributed by atoms with Crippen molar-refractivity contribution >= 4 is 45.9 Å². The van der Waals surface area contributed by atoms with Crippen molar-refractivity contribution in [3.63, 3.8) is 0 Å². The molecule has 2 aromatic heterocycles. The van der Waals surface area contributed by atoms with E-state index < -0.39 is 0 Å². The van der Waals surface area contributed by atoms with Gasteiger partial charge in [-0.3, -0.25) is 15.2 Å². The number of nitrogens with one attached hydrogen (secondary N) is 2. The van der Waals surface area contributed by atoms with Crippen LogP contribution in [0.15, 0.2) is 39.8 Å². The summed E-state index contributed by atoms with van der Waals surface area (Å²) in [6.07, 6.45) is 0. The van der Waals surface area contributed by atoms with Crippen molar-refractivity contribution in [2.24, 2.45) is 0 Å². The summed E-state index contributed by atoms with van der Waals surface area (Å²) in [5.74, 6) is 1.62. The van der Waals surface area contributed by atoms with Gasteiger partial charge in [0.25, 0.3) is 0 Å². The minimum atomic E-state index is -0.154. The van der Waals surface area contributed by atoms with Gasteiger partial charge in [0.05, 0.1) is 5.75 Å². The first-order valence-corrected chi connectivity index (χ1v) is 9.80. The van der Waals surface area contributed by atoms with Crippen LogP contribution in [-0.2, 0) is 10.5 Å². The van der Waals surface area contributed by atoms with E-state index in [9.17, 15) is 4.79 Å². The van der Waals surface area contributed by atoms with Gasteiger partial charge in [-0.15, -0.1) is 15.3 Å². The second-order valence-electron chi connectivity index (χ2n) is 4.69. The molecule has 3 aromatic rings. The molecule has 0 radical (unpaired) electrons. The summed E-state index contributed by atoms with van der Waals surface area (Å²) < 4.78 is 0.825. The lowest BCUT2D eigenvalue weighted by molar-refractivity contribution is -0.113. The smallest absolute Gasteiger partial charge is 0.236 e. The average Bonchev–Trinajstić information content (AvgIpc) is 3.21. The third-order valence-corrected chi connectivity index (χ3v) is 5.66. The molecule has 0 aliphatic carbocycles. The summed E-state index contributed by atoms with van der Waals surface area (Å²) in [7, 11) is 0. The maximum absolute atomic E-state index is 11.9. The maximum atomic E-state index is 11.9. The zero-order valence-corrected chi connectivity index (χ0v) is 15.2. The Labute approximate surface area is 151 Å². The molecule has 1 aromatic carbocycles. The van der Waals surface area contributed by atoms with Crippen LogP contribution < -0.4 is 5.32 Å². The molecule has 0 aliphatic rings. The van der Waals surface area contributed by atoms with Gasteiger partial charge in [0.2, 0.25) is 16.2 Å². The minimum Gasteiger partial charge on any atom is -0.300 e. The van der Waals surface area contributed by atoms with Crippen LogP contribution in [0.25, 0.3) is 0 Å². The summed E-state index contributed by atoms with van der Waals surface area (Å²) >= 11 is 4.24. The minimum absolute atomic E-state index is 0.154. The lowest BCUT2D eigenvalue weighted by atomic mass is 10.2. The Morgan fingerprint density at radius 1 is 1.25 bits per heavy atom. The first-order valence-electron chi connectivity index (χ1n) is 7.01. The standard InChI is InChI=1S/C14H14N6OS3/c1-9-15-12(18-17-9)22-8-11(21)16-13-19-20-14(24-13)23-7-10-5-3-2-4-6-10/h2-6H,7-8H2,1H3,(H,15,17,18)(H,16,19,21). The van der Waals surface area contributed by atoms with Crippen LogP contribution >= 0.6 is 34.9 Å². The number of aromatic nitrogens is 5. The average molecular weight is 379 g/mol. The molecule has 0 saturated carbocycles. The summed E-state index contributed by atoms with van der Waals surface area (Å²) in [5.41, 5.74) is 1.22. The highest BCUT2D eigenvalue weighted by atomic mass is 32.2. The number of amides is 1. The fraction of sp³-hybridized carbons (Fsp3) is 0.214. The van der Waals surface area contributed by atoms with E-state index in [1.165, 1.54) is 28.7 Å². The molecule has 2 heterocycles. The van der Waals surface area contributed by atoms with Crippen molar-refractivity contribution in [3.8, 4) is 0 Å². The zero-order chi connectivity index (χ0) is 16.8. The first-order chi connectivity index (χ1) is 11.7. The van der Waals surface area contributed by atoms with Crippen molar-refractivity contribution in [2.45, 2.75) is 22.2 Å². The van der Waals surface area contributed by atoms with E-state index >= 15 is 0 Å². The normalized spacial score (nSPS) is 10.7. The molecule has 124 valence electrons. The third-order valence-electron chi connectivity index (χ3n) is 2.77. The third kappa shape index (κ3) is 5.05. The second-order valence-corrected chi connectivity index (χ2v) is 7.83. The van der Waals surface area contributed by atoms with Gasteiger partial charge < -0.3 is 0 Å². The molecule has 7 nitrogen and oxygen atoms in total. The Morgan fingerprint density at radius 3 is 2.83 bits per heavy atom. The molecule has 0 bridgehead atoms. The highest BCUT2D eigenvalue weighted by Crippen LogP contribution is 2.28. The Hall–Kier alpha value is -1.91. The van der Waals surface area contributed by atoms with Crippen LogP contribution in [0.4, 0.5) is 5.13 Å². The van der Waals surface area contributed by atoms with Crippen molar-refractivity contribution in [3.05, 3.63) is 41.7 Å². The monoisotopic (exact) mass is 378 g/mol. The zero-order valence-electron chi connectivity index (χ0n) is 12.7. The topological polar surface area (TPSA) is 96.5 Å². The Bertz CT molecular complexity index is 804. The number of aryl methyl sites for hydroxylation is 1. The number of H-pyrrole nitrogens is 1. The van der Waals surface area contributed by atoms with Gasteiger partial charge >= 0.3 is 0 Å². The van der Waals surface area contributed by atoms with Crippen LogP contribution in [0.5, 0.6) is 0 Å². The molecular weight excluding hydrogens is 364 g/mol. The van der Waals surface area contributed by atoms with E-state index in [-0.39, 0.29) is 11.7 Å². The number of rotatable bonds is 7. The highest BCUT2D eigenvalue weighted by Gasteiger charge is 2.10. The lowest BCUT2D eigenvalue weighted by Crippen LogP contribution is -2.13. The molecule has 0 saturated heterocycles. The molecule has 24 heavy (non-hydrogen) atoms. The summed E-state index contributed by atoms with van der Waals surface area (Å²) in [6.45, 7) is 1.81. The van der Waals surface area contributed by atoms with Crippen LogP contribution in [0.3, 0.4) is 0 Å². The molecule has 10 heteroatoms. The quantitative estimate of drug-likeness (QED) is 0.482. The number of benzene rings is 1. The number of anilines is 1. The van der Waals surface area contributed by atoms with Crippen LogP contribution in [0.2, 0.25) is 0 Å². The van der Waals surface area contributed by atoms with Gasteiger partial charge in [-0.25, -0.2) is 4.98 Å². The van der Waals surface area contributed by atoms with Crippen LogP contribution in [0.1, 0.15) is 11.4 Å². The van der Waals surface area contributed by atoms with Crippen molar-refractivity contribution < 1.29 is 4.79 Å². The van der Waals surface area contributed by atoms with Gasteiger partial charge in [-0.2, -0.15) is 0 Å². The number of nitrogens with zero attached hydrogens (tertiary/aromatic N) is 4. The molecule has 0 spiro atoms. The number of carbonyl (C=O) groups is 1. The van der Waals surface area contributed by atoms with Gasteiger partial charge in [-0.1, -0.05) is 65.2 Å². The largest absolute Gasteiger partial charge is 0.300 e. The molecule has 0 atom stereocenters. The molecule has 3 rings (SSSR count).